The van der Waals surface area contributed by atoms with Crippen LogP contribution >= 0.6 is 0 Å². The summed E-state index contributed by atoms with van der Waals surface area (Å²) in [7, 11) is 0. The first kappa shape index (κ1) is 14.4. The molecule has 0 aliphatic rings. The number of esters is 1. The van der Waals surface area contributed by atoms with Crippen LogP contribution in [0.5, 0.6) is 11.5 Å². The van der Waals surface area contributed by atoms with Crippen LogP contribution in [0.4, 0.5) is 0 Å². The van der Waals surface area contributed by atoms with Gasteiger partial charge in [0.15, 0.2) is 0 Å². The maximum absolute atomic E-state index is 12.6. The van der Waals surface area contributed by atoms with Gasteiger partial charge in [0.05, 0.1) is 0 Å². The quantitative estimate of drug-likeness (QED) is 0.427. The fourth-order valence-electron chi connectivity index (χ4n) is 2.83. The lowest BCUT2D eigenvalue weighted by atomic mass is 10.1. The van der Waals surface area contributed by atoms with Gasteiger partial charge in [0.2, 0.25) is 0 Å². The van der Waals surface area contributed by atoms with E-state index in [-0.39, 0.29) is 5.75 Å². The maximum atomic E-state index is 12.6. The zero-order valence-corrected chi connectivity index (χ0v) is 13.1. The van der Waals surface area contributed by atoms with E-state index in [0.29, 0.717) is 33.6 Å². The third-order valence-electron chi connectivity index (χ3n) is 3.88. The topological polar surface area (TPSA) is 72.8 Å². The molecule has 0 unspecified atom stereocenters. The number of aromatic hydroxyl groups is 1. The van der Waals surface area contributed by atoms with E-state index in [2.05, 4.69) is 0 Å². The van der Waals surface area contributed by atoms with Crippen molar-refractivity contribution in [2.45, 2.75) is 13.8 Å². The normalized spacial score (nSPS) is 11.2. The van der Waals surface area contributed by atoms with Crippen LogP contribution in [0.25, 0.3) is 21.9 Å². The molecule has 0 saturated carbocycles. The molecule has 0 radical (unpaired) electrons. The molecule has 5 heteroatoms. The second-order valence-corrected chi connectivity index (χ2v) is 5.66. The van der Waals surface area contributed by atoms with Crippen LogP contribution in [0, 0.1) is 13.8 Å². The molecule has 0 fully saturated rings. The van der Waals surface area contributed by atoms with E-state index in [0.717, 1.165) is 11.1 Å². The number of benzene rings is 2. The summed E-state index contributed by atoms with van der Waals surface area (Å²) < 4.78 is 16.6. The Balaban J connectivity index is 1.71. The molecule has 2 aromatic carbocycles. The van der Waals surface area contributed by atoms with Gasteiger partial charge in [0.1, 0.15) is 39.7 Å². The zero-order chi connectivity index (χ0) is 16.8. The number of carbonyl (C=O) groups excluding carboxylic acids is 1. The second kappa shape index (κ2) is 5.16. The van der Waals surface area contributed by atoms with E-state index in [1.54, 1.807) is 25.1 Å². The van der Waals surface area contributed by atoms with Crippen LogP contribution < -0.4 is 4.74 Å². The van der Waals surface area contributed by atoms with Crippen LogP contribution in [-0.4, -0.2) is 11.1 Å². The van der Waals surface area contributed by atoms with Crippen molar-refractivity contribution in [1.82, 2.24) is 0 Å². The Bertz CT molecular complexity index is 1080. The number of fused-ring (bicyclic) bond motifs is 2. The number of ether oxygens (including phenoxy) is 1. The number of carbonyl (C=O) groups is 1. The number of rotatable bonds is 2. The number of furan rings is 2. The van der Waals surface area contributed by atoms with Crippen molar-refractivity contribution in [1.29, 1.82) is 0 Å². The van der Waals surface area contributed by atoms with E-state index < -0.39 is 5.97 Å². The van der Waals surface area contributed by atoms with Crippen LogP contribution in [0.15, 0.2) is 51.3 Å². The monoisotopic (exact) mass is 322 g/mol. The van der Waals surface area contributed by atoms with Crippen LogP contribution in [0.1, 0.15) is 21.9 Å². The van der Waals surface area contributed by atoms with Crippen molar-refractivity contribution < 1.29 is 23.5 Å². The van der Waals surface area contributed by atoms with Gasteiger partial charge in [-0.25, -0.2) is 4.79 Å². The second-order valence-electron chi connectivity index (χ2n) is 5.66. The largest absolute Gasteiger partial charge is 0.508 e. The molecule has 120 valence electrons. The standard InChI is InChI=1S/C19H14O5/c1-10-7-12-3-5-14(9-16(12)22-10)24-19(21)18-11(2)23-17-8-13(20)4-6-15(17)18/h3-9,20H,1-2H3. The molecule has 2 heterocycles. The summed E-state index contributed by atoms with van der Waals surface area (Å²) in [6.45, 7) is 3.55. The highest BCUT2D eigenvalue weighted by Gasteiger charge is 2.20. The smallest absolute Gasteiger partial charge is 0.347 e. The maximum Gasteiger partial charge on any atom is 0.347 e. The number of phenols is 1. The first-order chi connectivity index (χ1) is 11.5. The highest BCUT2D eigenvalue weighted by molar-refractivity contribution is 6.05. The molecule has 0 amide bonds. The minimum atomic E-state index is -0.514. The van der Waals surface area contributed by atoms with Crippen molar-refractivity contribution in [3.8, 4) is 11.5 Å². The van der Waals surface area contributed by atoms with Crippen LogP contribution in [0.3, 0.4) is 0 Å². The van der Waals surface area contributed by atoms with Gasteiger partial charge in [0, 0.05) is 22.9 Å². The van der Waals surface area contributed by atoms with Gasteiger partial charge in [-0.15, -0.1) is 0 Å². The fourth-order valence-corrected chi connectivity index (χ4v) is 2.83. The van der Waals surface area contributed by atoms with Crippen molar-refractivity contribution in [3.05, 3.63) is 59.5 Å². The molecule has 0 saturated heterocycles. The van der Waals surface area contributed by atoms with Gasteiger partial charge in [-0.3, -0.25) is 0 Å². The Morgan fingerprint density at radius 1 is 1.00 bits per heavy atom. The van der Waals surface area contributed by atoms with E-state index >= 15 is 0 Å². The lowest BCUT2D eigenvalue weighted by Gasteiger charge is -2.04. The van der Waals surface area contributed by atoms with Gasteiger partial charge in [0.25, 0.3) is 0 Å². The Hall–Kier alpha value is -3.21. The van der Waals surface area contributed by atoms with E-state index in [1.807, 2.05) is 19.1 Å². The predicted octanol–water partition coefficient (Wildman–Crippen LogP) is 4.72. The average molecular weight is 322 g/mol. The molecule has 4 rings (SSSR count). The Morgan fingerprint density at radius 3 is 2.67 bits per heavy atom. The molecule has 5 nitrogen and oxygen atoms in total. The molecule has 2 aromatic heterocycles. The Labute approximate surface area is 137 Å². The molecule has 0 bridgehead atoms. The number of aryl methyl sites for hydroxylation is 2. The zero-order valence-electron chi connectivity index (χ0n) is 13.1. The highest BCUT2D eigenvalue weighted by atomic mass is 16.5. The van der Waals surface area contributed by atoms with Gasteiger partial charge >= 0.3 is 5.97 Å². The van der Waals surface area contributed by atoms with Crippen molar-refractivity contribution in [3.63, 3.8) is 0 Å². The van der Waals surface area contributed by atoms with Crippen molar-refractivity contribution >= 4 is 27.9 Å². The average Bonchev–Trinajstić information content (AvgIpc) is 3.04. The minimum absolute atomic E-state index is 0.0785. The molecule has 1 N–H and O–H groups in total. The molecule has 0 aliphatic carbocycles. The Kier molecular flexibility index (Phi) is 3.09. The van der Waals surface area contributed by atoms with Gasteiger partial charge in [-0.2, -0.15) is 0 Å². The molecule has 0 atom stereocenters. The van der Waals surface area contributed by atoms with E-state index in [9.17, 15) is 9.90 Å². The number of hydrogen-bond donors (Lipinski definition) is 1. The summed E-state index contributed by atoms with van der Waals surface area (Å²) in [4.78, 5) is 12.6. The summed E-state index contributed by atoms with van der Waals surface area (Å²) in [5.74, 6) is 1.20. The first-order valence-corrected chi connectivity index (χ1v) is 7.46. The van der Waals surface area contributed by atoms with Crippen molar-refractivity contribution in [2.75, 3.05) is 0 Å². The lowest BCUT2D eigenvalue weighted by molar-refractivity contribution is 0.0735. The third kappa shape index (κ3) is 2.31. The van der Waals surface area contributed by atoms with E-state index in [4.69, 9.17) is 13.6 Å². The summed E-state index contributed by atoms with van der Waals surface area (Å²) >= 11 is 0. The molecule has 4 aromatic rings. The first-order valence-electron chi connectivity index (χ1n) is 7.46. The van der Waals surface area contributed by atoms with Crippen LogP contribution in [0.2, 0.25) is 0 Å². The molecule has 0 aliphatic heterocycles. The third-order valence-corrected chi connectivity index (χ3v) is 3.88. The SMILES string of the molecule is Cc1cc2ccc(OC(=O)c3c(C)oc4cc(O)ccc34)cc2o1. The van der Waals surface area contributed by atoms with E-state index in [1.165, 1.54) is 12.1 Å². The Morgan fingerprint density at radius 2 is 1.83 bits per heavy atom. The summed E-state index contributed by atoms with van der Waals surface area (Å²) in [5.41, 5.74) is 1.45. The summed E-state index contributed by atoms with van der Waals surface area (Å²) in [6.07, 6.45) is 0. The molecule has 24 heavy (non-hydrogen) atoms. The van der Waals surface area contributed by atoms with Crippen molar-refractivity contribution in [2.24, 2.45) is 0 Å². The fraction of sp³-hybridized carbons (Fsp3) is 0.105. The summed E-state index contributed by atoms with van der Waals surface area (Å²) in [6, 6.07) is 11.8. The lowest BCUT2D eigenvalue weighted by Crippen LogP contribution is -2.09. The predicted molar refractivity (Wildman–Crippen MR) is 88.5 cm³/mol. The molecule has 0 spiro atoms. The molecular formula is C19H14O5. The minimum Gasteiger partial charge on any atom is -0.508 e. The van der Waals surface area contributed by atoms with Gasteiger partial charge in [-0.05, 0) is 44.2 Å². The van der Waals surface area contributed by atoms with Crippen LogP contribution in [-0.2, 0) is 0 Å². The number of hydrogen-bond acceptors (Lipinski definition) is 5. The number of phenolic OH excluding ortho intramolecular Hbond substituents is 1. The van der Waals surface area contributed by atoms with Gasteiger partial charge < -0.3 is 18.7 Å². The molecular weight excluding hydrogens is 308 g/mol. The highest BCUT2D eigenvalue weighted by Crippen LogP contribution is 2.30. The van der Waals surface area contributed by atoms with Gasteiger partial charge in [-0.1, -0.05) is 0 Å². The summed E-state index contributed by atoms with van der Waals surface area (Å²) in [5, 5.41) is 11.1.